The predicted octanol–water partition coefficient (Wildman–Crippen LogP) is 2.72. The number of benzene rings is 1. The first-order valence-electron chi connectivity index (χ1n) is 9.02. The Balaban J connectivity index is 1.59. The van der Waals surface area contributed by atoms with Gasteiger partial charge < -0.3 is 15.8 Å². The van der Waals surface area contributed by atoms with Gasteiger partial charge in [-0.15, -0.1) is 0 Å². The van der Waals surface area contributed by atoms with Gasteiger partial charge in [-0.05, 0) is 25.8 Å². The van der Waals surface area contributed by atoms with Crippen LogP contribution in [0.4, 0.5) is 5.82 Å². The van der Waals surface area contributed by atoms with E-state index in [-0.39, 0.29) is 23.5 Å². The molecule has 2 aliphatic heterocycles. The van der Waals surface area contributed by atoms with Crippen LogP contribution in [0.25, 0.3) is 0 Å². The van der Waals surface area contributed by atoms with E-state index in [2.05, 4.69) is 20.3 Å². The number of ether oxygens (including phenoxy) is 1. The minimum atomic E-state index is -0.332. The Bertz CT molecular complexity index is 951. The fraction of sp³-hybridized carbons (Fsp3) is 0.300. The molecule has 0 saturated carbocycles. The molecular weight excluding hydrogens is 342 g/mol. The highest BCUT2D eigenvalue weighted by molar-refractivity contribution is 6.02. The monoisotopic (exact) mass is 363 g/mol. The lowest BCUT2D eigenvalue weighted by atomic mass is 10.0. The van der Waals surface area contributed by atoms with Crippen molar-refractivity contribution in [2.24, 2.45) is 4.99 Å². The van der Waals surface area contributed by atoms with Crippen LogP contribution >= 0.6 is 0 Å². The number of hydrogen-bond acceptors (Lipinski definition) is 6. The van der Waals surface area contributed by atoms with Gasteiger partial charge in [0.05, 0.1) is 24.1 Å². The summed E-state index contributed by atoms with van der Waals surface area (Å²) in [4.78, 5) is 26.0. The molecule has 1 atom stereocenters. The van der Waals surface area contributed by atoms with E-state index in [1.807, 2.05) is 37.3 Å². The maximum absolute atomic E-state index is 12.8. The number of nitrogens with two attached hydrogens (primary N) is 1. The number of nitrogens with one attached hydrogen (secondary N) is 1. The molecule has 0 unspecified atom stereocenters. The van der Waals surface area contributed by atoms with Crippen LogP contribution in [0.1, 0.15) is 52.7 Å². The van der Waals surface area contributed by atoms with Crippen LogP contribution in [0.3, 0.4) is 0 Å². The van der Waals surface area contributed by atoms with Crippen LogP contribution in [0.2, 0.25) is 0 Å². The molecule has 138 valence electrons. The van der Waals surface area contributed by atoms with E-state index in [0.717, 1.165) is 29.9 Å². The molecule has 3 N–H and O–H groups in total. The molecule has 1 aromatic heterocycles. The number of aryl methyl sites for hydroxylation is 1. The topological polar surface area (TPSA) is 102 Å². The predicted molar refractivity (Wildman–Crippen MR) is 103 cm³/mol. The van der Waals surface area contributed by atoms with Gasteiger partial charge in [0.15, 0.2) is 11.5 Å². The number of rotatable bonds is 3. The zero-order valence-electron chi connectivity index (χ0n) is 15.1. The number of hydrogen-bond donors (Lipinski definition) is 2. The molecule has 2 aromatic rings. The zero-order valence-corrected chi connectivity index (χ0v) is 15.1. The van der Waals surface area contributed by atoms with E-state index in [9.17, 15) is 4.79 Å². The molecule has 0 fully saturated rings. The fourth-order valence-electron chi connectivity index (χ4n) is 3.37. The van der Waals surface area contributed by atoms with E-state index < -0.39 is 0 Å². The number of amides is 1. The largest absolute Gasteiger partial charge is 0.493 e. The van der Waals surface area contributed by atoms with E-state index in [4.69, 9.17) is 10.5 Å². The standard InChI is InChI=1S/C20H21N5O2/c1-12-17(15-7-4-5-10-22-15)25-19(21)18(23-12)20(26)24-14-9-11-27-16-8-3-2-6-13(14)16/h2-3,5-6,8,10,14H,4,7,9,11H2,1H3,(H2,21,25)(H,24,26)/t14-/m1/s1. The Morgan fingerprint density at radius 2 is 2.15 bits per heavy atom. The second-order valence-corrected chi connectivity index (χ2v) is 6.59. The molecule has 1 aromatic carbocycles. The quantitative estimate of drug-likeness (QED) is 0.873. The van der Waals surface area contributed by atoms with E-state index in [1.165, 1.54) is 0 Å². The van der Waals surface area contributed by atoms with Gasteiger partial charge in [0.25, 0.3) is 5.91 Å². The van der Waals surface area contributed by atoms with Crippen molar-refractivity contribution >= 4 is 17.4 Å². The highest BCUT2D eigenvalue weighted by atomic mass is 16.5. The Morgan fingerprint density at radius 1 is 1.30 bits per heavy atom. The van der Waals surface area contributed by atoms with Gasteiger partial charge in [-0.25, -0.2) is 9.97 Å². The van der Waals surface area contributed by atoms with Crippen LogP contribution in [0.5, 0.6) is 5.75 Å². The molecule has 0 aliphatic carbocycles. The average Bonchev–Trinajstić information content (AvgIpc) is 2.70. The van der Waals surface area contributed by atoms with Crippen LogP contribution in [0, 0.1) is 6.92 Å². The van der Waals surface area contributed by atoms with Crippen molar-refractivity contribution in [3.8, 4) is 5.75 Å². The molecule has 3 heterocycles. The third kappa shape index (κ3) is 3.40. The molecule has 4 rings (SSSR count). The summed E-state index contributed by atoms with van der Waals surface area (Å²) >= 11 is 0. The van der Waals surface area contributed by atoms with E-state index >= 15 is 0 Å². The van der Waals surface area contributed by atoms with Crippen LogP contribution in [-0.4, -0.2) is 28.2 Å². The van der Waals surface area contributed by atoms with Gasteiger partial charge in [-0.2, -0.15) is 0 Å². The lowest BCUT2D eigenvalue weighted by molar-refractivity contribution is 0.0920. The smallest absolute Gasteiger partial charge is 0.274 e. The van der Waals surface area contributed by atoms with Crippen molar-refractivity contribution in [2.45, 2.75) is 32.2 Å². The van der Waals surface area contributed by atoms with E-state index in [1.54, 1.807) is 6.20 Å². The van der Waals surface area contributed by atoms with Crippen LogP contribution in [0.15, 0.2) is 41.5 Å². The van der Waals surface area contributed by atoms with Gasteiger partial charge in [0, 0.05) is 18.2 Å². The lowest BCUT2D eigenvalue weighted by Crippen LogP contribution is -2.33. The summed E-state index contributed by atoms with van der Waals surface area (Å²) in [7, 11) is 0. The lowest BCUT2D eigenvalue weighted by Gasteiger charge is -2.26. The second kappa shape index (κ2) is 7.19. The van der Waals surface area contributed by atoms with Crippen LogP contribution < -0.4 is 15.8 Å². The molecule has 7 heteroatoms. The van der Waals surface area contributed by atoms with Crippen molar-refractivity contribution in [1.82, 2.24) is 15.3 Å². The Morgan fingerprint density at radius 3 is 2.96 bits per heavy atom. The first-order valence-corrected chi connectivity index (χ1v) is 9.02. The van der Waals surface area contributed by atoms with Gasteiger partial charge in [-0.1, -0.05) is 24.3 Å². The number of aromatic nitrogens is 2. The molecule has 0 spiro atoms. The summed E-state index contributed by atoms with van der Waals surface area (Å²) < 4.78 is 5.64. The molecule has 1 amide bonds. The minimum absolute atomic E-state index is 0.116. The molecule has 0 saturated heterocycles. The molecule has 27 heavy (non-hydrogen) atoms. The van der Waals surface area contributed by atoms with Crippen LogP contribution in [-0.2, 0) is 0 Å². The Labute approximate surface area is 157 Å². The number of nitrogen functional groups attached to an aromatic ring is 1. The van der Waals surface area contributed by atoms with Gasteiger partial charge in [-0.3, -0.25) is 9.79 Å². The number of allylic oxidation sites excluding steroid dienone is 1. The summed E-state index contributed by atoms with van der Waals surface area (Å²) in [6.07, 6.45) is 6.15. The van der Waals surface area contributed by atoms with Gasteiger partial charge in [0.1, 0.15) is 11.4 Å². The highest BCUT2D eigenvalue weighted by Crippen LogP contribution is 2.31. The van der Waals surface area contributed by atoms with Crippen molar-refractivity contribution in [3.05, 3.63) is 59.2 Å². The first kappa shape index (κ1) is 17.2. The number of para-hydroxylation sites is 1. The number of carbonyl (C=O) groups is 1. The SMILES string of the molecule is Cc1nc(C(=O)N[C@@H]2CCOc3ccccc32)c(N)nc1C1=NC=CCC1. The molecule has 2 aliphatic rings. The number of nitrogens with zero attached hydrogens (tertiary/aromatic N) is 3. The molecule has 0 bridgehead atoms. The molecular formula is C20H21N5O2. The number of carbonyl (C=O) groups excluding carboxylic acids is 1. The normalized spacial score (nSPS) is 18.3. The minimum Gasteiger partial charge on any atom is -0.493 e. The van der Waals surface area contributed by atoms with Gasteiger partial charge in [0.2, 0.25) is 0 Å². The maximum Gasteiger partial charge on any atom is 0.274 e. The van der Waals surface area contributed by atoms with E-state index in [0.29, 0.717) is 24.4 Å². The van der Waals surface area contributed by atoms with Gasteiger partial charge >= 0.3 is 0 Å². The molecule has 0 radical (unpaired) electrons. The Hall–Kier alpha value is -3.22. The number of aliphatic imine (C=N–C) groups is 1. The highest BCUT2D eigenvalue weighted by Gasteiger charge is 2.25. The Kier molecular flexibility index (Phi) is 4.58. The summed E-state index contributed by atoms with van der Waals surface area (Å²) in [5.41, 5.74) is 9.32. The number of anilines is 1. The number of fused-ring (bicyclic) bond motifs is 1. The van der Waals surface area contributed by atoms with Crippen molar-refractivity contribution in [2.75, 3.05) is 12.3 Å². The second-order valence-electron chi connectivity index (χ2n) is 6.59. The average molecular weight is 363 g/mol. The summed E-state index contributed by atoms with van der Waals surface area (Å²) in [6.45, 7) is 2.37. The van der Waals surface area contributed by atoms with Crippen molar-refractivity contribution in [3.63, 3.8) is 0 Å². The summed E-state index contributed by atoms with van der Waals surface area (Å²) in [6, 6.07) is 7.56. The maximum atomic E-state index is 12.8. The third-order valence-corrected chi connectivity index (χ3v) is 4.73. The summed E-state index contributed by atoms with van der Waals surface area (Å²) in [5, 5.41) is 3.02. The zero-order chi connectivity index (χ0) is 18.8. The third-order valence-electron chi connectivity index (χ3n) is 4.73. The van der Waals surface area contributed by atoms with Crippen molar-refractivity contribution in [1.29, 1.82) is 0 Å². The fourth-order valence-corrected chi connectivity index (χ4v) is 3.37. The summed E-state index contributed by atoms with van der Waals surface area (Å²) in [5.74, 6) is 0.579. The van der Waals surface area contributed by atoms with Crippen molar-refractivity contribution < 1.29 is 9.53 Å². The first-order chi connectivity index (χ1) is 13.1. The molecule has 7 nitrogen and oxygen atoms in total.